The first-order chi connectivity index (χ1) is 9.74. The van der Waals surface area contributed by atoms with E-state index in [0.717, 1.165) is 35.9 Å². The van der Waals surface area contributed by atoms with Crippen molar-refractivity contribution in [2.75, 3.05) is 6.54 Å². The molecule has 2 nitrogen and oxygen atoms in total. The van der Waals surface area contributed by atoms with E-state index in [1.807, 2.05) is 0 Å². The van der Waals surface area contributed by atoms with Crippen LogP contribution >= 0.6 is 0 Å². The standard InChI is InChI=1S/C18H34N2/c1-13-9-10-15(12-14(13)2)20-18-8-5-6-16(18)17-7-3-4-11-19-17/h13-20H,3-12H2,1-2H3. The molecule has 0 amide bonds. The summed E-state index contributed by atoms with van der Waals surface area (Å²) >= 11 is 0. The van der Waals surface area contributed by atoms with Crippen molar-refractivity contribution in [2.24, 2.45) is 17.8 Å². The van der Waals surface area contributed by atoms with Crippen molar-refractivity contribution in [2.45, 2.75) is 89.8 Å². The topological polar surface area (TPSA) is 24.1 Å². The van der Waals surface area contributed by atoms with E-state index in [4.69, 9.17) is 0 Å². The monoisotopic (exact) mass is 278 g/mol. The fourth-order valence-corrected chi connectivity index (χ4v) is 4.92. The third-order valence-electron chi connectivity index (χ3n) is 6.48. The molecule has 2 aliphatic carbocycles. The smallest absolute Gasteiger partial charge is 0.0113 e. The lowest BCUT2D eigenvalue weighted by Gasteiger charge is -2.38. The van der Waals surface area contributed by atoms with Crippen LogP contribution in [-0.2, 0) is 0 Å². The van der Waals surface area contributed by atoms with Crippen LogP contribution in [0.3, 0.4) is 0 Å². The molecule has 0 aromatic heterocycles. The van der Waals surface area contributed by atoms with Crippen molar-refractivity contribution in [1.82, 2.24) is 10.6 Å². The SMILES string of the molecule is CC1CCC(NC2CCCC2C2CCCCN2)CC1C. The lowest BCUT2D eigenvalue weighted by Crippen LogP contribution is -2.50. The highest BCUT2D eigenvalue weighted by molar-refractivity contribution is 4.94. The minimum absolute atomic E-state index is 0.801. The second kappa shape index (κ2) is 6.79. The Balaban J connectivity index is 1.53. The summed E-state index contributed by atoms with van der Waals surface area (Å²) in [4.78, 5) is 0. The molecule has 3 aliphatic rings. The molecule has 2 N–H and O–H groups in total. The van der Waals surface area contributed by atoms with Gasteiger partial charge < -0.3 is 10.6 Å². The van der Waals surface area contributed by atoms with Crippen LogP contribution in [0.2, 0.25) is 0 Å². The molecule has 1 aliphatic heterocycles. The normalized spacial score (nSPS) is 46.5. The maximum Gasteiger partial charge on any atom is 0.0113 e. The van der Waals surface area contributed by atoms with Crippen LogP contribution in [0.4, 0.5) is 0 Å². The van der Waals surface area contributed by atoms with Gasteiger partial charge in [-0.15, -0.1) is 0 Å². The molecular formula is C18H34N2. The Morgan fingerprint density at radius 2 is 1.75 bits per heavy atom. The summed E-state index contributed by atoms with van der Waals surface area (Å²) in [5.41, 5.74) is 0. The minimum atomic E-state index is 0.801. The largest absolute Gasteiger partial charge is 0.314 e. The number of rotatable bonds is 3. The van der Waals surface area contributed by atoms with Gasteiger partial charge in [0.25, 0.3) is 0 Å². The van der Waals surface area contributed by atoms with Crippen molar-refractivity contribution in [3.8, 4) is 0 Å². The lowest BCUT2D eigenvalue weighted by molar-refractivity contribution is 0.188. The van der Waals surface area contributed by atoms with E-state index in [-0.39, 0.29) is 0 Å². The van der Waals surface area contributed by atoms with E-state index in [9.17, 15) is 0 Å². The quantitative estimate of drug-likeness (QED) is 0.822. The average Bonchev–Trinajstić information content (AvgIpc) is 2.92. The molecule has 6 atom stereocenters. The second-order valence-corrected chi connectivity index (χ2v) is 7.89. The van der Waals surface area contributed by atoms with E-state index in [1.54, 1.807) is 0 Å². The van der Waals surface area contributed by atoms with Crippen LogP contribution in [0.5, 0.6) is 0 Å². The highest BCUT2D eigenvalue weighted by atomic mass is 15.0. The molecule has 1 saturated heterocycles. The van der Waals surface area contributed by atoms with Gasteiger partial charge >= 0.3 is 0 Å². The zero-order valence-electron chi connectivity index (χ0n) is 13.5. The van der Waals surface area contributed by atoms with Crippen LogP contribution in [0.1, 0.15) is 71.6 Å². The Kier molecular flexibility index (Phi) is 5.04. The maximum atomic E-state index is 4.08. The molecule has 20 heavy (non-hydrogen) atoms. The van der Waals surface area contributed by atoms with Crippen LogP contribution in [-0.4, -0.2) is 24.7 Å². The molecule has 1 heterocycles. The lowest BCUT2D eigenvalue weighted by atomic mass is 9.78. The van der Waals surface area contributed by atoms with Gasteiger partial charge in [0.05, 0.1) is 0 Å². The van der Waals surface area contributed by atoms with Crippen molar-refractivity contribution < 1.29 is 0 Å². The van der Waals surface area contributed by atoms with Gasteiger partial charge in [0.1, 0.15) is 0 Å². The predicted molar refractivity (Wildman–Crippen MR) is 85.9 cm³/mol. The fraction of sp³-hybridized carbons (Fsp3) is 1.00. The van der Waals surface area contributed by atoms with Gasteiger partial charge in [-0.1, -0.05) is 26.7 Å². The Hall–Kier alpha value is -0.0800. The highest BCUT2D eigenvalue weighted by Gasteiger charge is 2.36. The Morgan fingerprint density at radius 3 is 2.50 bits per heavy atom. The van der Waals surface area contributed by atoms with E-state index >= 15 is 0 Å². The van der Waals surface area contributed by atoms with Gasteiger partial charge in [0.15, 0.2) is 0 Å². The van der Waals surface area contributed by atoms with Gasteiger partial charge in [-0.3, -0.25) is 0 Å². The van der Waals surface area contributed by atoms with Gasteiger partial charge in [0, 0.05) is 18.1 Å². The zero-order valence-corrected chi connectivity index (χ0v) is 13.5. The van der Waals surface area contributed by atoms with Gasteiger partial charge in [-0.2, -0.15) is 0 Å². The van der Waals surface area contributed by atoms with Crippen molar-refractivity contribution in [3.05, 3.63) is 0 Å². The van der Waals surface area contributed by atoms with E-state index < -0.39 is 0 Å². The molecule has 116 valence electrons. The first-order valence-electron chi connectivity index (χ1n) is 9.23. The number of hydrogen-bond acceptors (Lipinski definition) is 2. The number of piperidine rings is 1. The van der Waals surface area contributed by atoms with Gasteiger partial charge in [-0.25, -0.2) is 0 Å². The Morgan fingerprint density at radius 1 is 0.850 bits per heavy atom. The minimum Gasteiger partial charge on any atom is -0.314 e. The van der Waals surface area contributed by atoms with Crippen LogP contribution in [0.25, 0.3) is 0 Å². The number of hydrogen-bond donors (Lipinski definition) is 2. The fourth-order valence-electron chi connectivity index (χ4n) is 4.92. The molecule has 0 bridgehead atoms. The molecule has 3 rings (SSSR count). The average molecular weight is 278 g/mol. The molecule has 0 spiro atoms. The number of nitrogens with one attached hydrogen (secondary N) is 2. The summed E-state index contributed by atoms with van der Waals surface area (Å²) in [5, 5.41) is 7.88. The summed E-state index contributed by atoms with van der Waals surface area (Å²) in [5.74, 6) is 2.76. The van der Waals surface area contributed by atoms with Gasteiger partial charge in [0.2, 0.25) is 0 Å². The predicted octanol–water partition coefficient (Wildman–Crippen LogP) is 3.71. The molecule has 0 aromatic rings. The van der Waals surface area contributed by atoms with Crippen LogP contribution < -0.4 is 10.6 Å². The van der Waals surface area contributed by atoms with Crippen LogP contribution in [0.15, 0.2) is 0 Å². The molecular weight excluding hydrogens is 244 g/mol. The summed E-state index contributed by atoms with van der Waals surface area (Å²) < 4.78 is 0. The summed E-state index contributed by atoms with van der Waals surface area (Å²) in [7, 11) is 0. The third-order valence-corrected chi connectivity index (χ3v) is 6.48. The third kappa shape index (κ3) is 3.39. The molecule has 6 unspecified atom stereocenters. The summed E-state index contributed by atoms with van der Waals surface area (Å²) in [6, 6.07) is 2.41. The first-order valence-corrected chi connectivity index (χ1v) is 9.23. The molecule has 0 aromatic carbocycles. The summed E-state index contributed by atoms with van der Waals surface area (Å²) in [6.07, 6.45) is 12.8. The van der Waals surface area contributed by atoms with Crippen molar-refractivity contribution in [1.29, 1.82) is 0 Å². The molecule has 2 heteroatoms. The zero-order chi connectivity index (χ0) is 13.9. The molecule has 0 radical (unpaired) electrons. The maximum absolute atomic E-state index is 4.08. The van der Waals surface area contributed by atoms with E-state index in [0.29, 0.717) is 0 Å². The van der Waals surface area contributed by atoms with Gasteiger partial charge in [-0.05, 0) is 69.2 Å². The molecule has 2 saturated carbocycles. The highest BCUT2D eigenvalue weighted by Crippen LogP contribution is 2.35. The van der Waals surface area contributed by atoms with E-state index in [1.165, 1.54) is 64.3 Å². The van der Waals surface area contributed by atoms with Crippen molar-refractivity contribution in [3.63, 3.8) is 0 Å². The first kappa shape index (κ1) is 14.8. The summed E-state index contributed by atoms with van der Waals surface area (Å²) in [6.45, 7) is 6.14. The van der Waals surface area contributed by atoms with E-state index in [2.05, 4.69) is 24.5 Å². The second-order valence-electron chi connectivity index (χ2n) is 7.89. The molecule has 3 fully saturated rings. The van der Waals surface area contributed by atoms with Crippen LogP contribution in [0, 0.1) is 17.8 Å². The Bertz CT molecular complexity index is 298. The Labute approximate surface area is 125 Å². The van der Waals surface area contributed by atoms with Crippen molar-refractivity contribution >= 4 is 0 Å².